The van der Waals surface area contributed by atoms with Crippen molar-refractivity contribution in [2.45, 2.75) is 14.7 Å². The molecule has 132 valence electrons. The maximum Gasteiger partial charge on any atom is 0.294 e. The summed E-state index contributed by atoms with van der Waals surface area (Å²) in [7, 11) is -8.66. The maximum atomic E-state index is 12.4. The molecule has 0 saturated heterocycles. The molecule has 1 heterocycles. The molecule has 12 heteroatoms. The van der Waals surface area contributed by atoms with Crippen LogP contribution in [0.4, 0.5) is 0 Å². The summed E-state index contributed by atoms with van der Waals surface area (Å²) in [4.78, 5) is 12.5. The van der Waals surface area contributed by atoms with E-state index in [0.29, 0.717) is 20.9 Å². The Balaban J connectivity index is 0.00000182. The Morgan fingerprint density at radius 2 is 1.33 bits per heavy atom. The van der Waals surface area contributed by atoms with Gasteiger partial charge in [-0.05, 0) is 42.0 Å². The van der Waals surface area contributed by atoms with E-state index in [1.165, 1.54) is 42.5 Å². The van der Waals surface area contributed by atoms with Crippen molar-refractivity contribution < 1.29 is 30.7 Å². The Morgan fingerprint density at radius 3 is 1.85 bits per heavy atom. The van der Waals surface area contributed by atoms with Crippen molar-refractivity contribution in [3.63, 3.8) is 0 Å². The fourth-order valence-electron chi connectivity index (χ4n) is 2.22. The molecule has 0 aliphatic carbocycles. The Bertz CT molecular complexity index is 1120. The van der Waals surface area contributed by atoms with Crippen LogP contribution in [0.1, 0.15) is 15.9 Å². The van der Waals surface area contributed by atoms with Crippen LogP contribution in [0.5, 0.6) is 0 Å². The zero-order valence-corrected chi connectivity index (χ0v) is 23.0. The van der Waals surface area contributed by atoms with Gasteiger partial charge in [0.15, 0.2) is 0 Å². The number of fused-ring (bicyclic) bond motifs is 1. The molecule has 3 rings (SSSR count). The minimum absolute atomic E-state index is 0. The van der Waals surface area contributed by atoms with E-state index < -0.39 is 20.2 Å². The summed E-state index contributed by atoms with van der Waals surface area (Å²) < 4.78 is 62.4. The van der Waals surface area contributed by atoms with Crippen molar-refractivity contribution in [1.29, 1.82) is 0 Å². The number of benzene rings is 2. The monoisotopic (exact) mass is 476 g/mol. The minimum Gasteiger partial charge on any atom is -0.288 e. The van der Waals surface area contributed by atoms with E-state index in [1.54, 1.807) is 0 Å². The molecule has 1 aliphatic heterocycles. The van der Waals surface area contributed by atoms with Crippen LogP contribution in [-0.4, -0.2) is 134 Å². The molecule has 2 aromatic carbocycles. The Kier molecular flexibility index (Phi) is 9.82. The average Bonchev–Trinajstić information content (AvgIpc) is 2.82. The van der Waals surface area contributed by atoms with Gasteiger partial charge in [-0.2, -0.15) is 16.8 Å². The number of carbonyl (C=O) groups excluding carboxylic acids is 1. The predicted molar refractivity (Wildman–Crippen MR) is 102 cm³/mol. The van der Waals surface area contributed by atoms with E-state index in [0.717, 1.165) is 17.8 Å². The molecule has 1 aliphatic rings. The predicted octanol–water partition coefficient (Wildman–Crippen LogP) is 1.75. The van der Waals surface area contributed by atoms with Gasteiger partial charge in [0.1, 0.15) is 0 Å². The Hall–Kier alpha value is 1.29. The van der Waals surface area contributed by atoms with Crippen molar-refractivity contribution in [3.05, 3.63) is 58.5 Å². The van der Waals surface area contributed by atoms with Gasteiger partial charge in [0, 0.05) is 113 Å². The van der Waals surface area contributed by atoms with Gasteiger partial charge >= 0.3 is 0 Å². The van der Waals surface area contributed by atoms with Crippen LogP contribution < -0.4 is 0 Å². The largest absolute Gasteiger partial charge is 0.294 e. The molecule has 2 radical (unpaired) electrons. The van der Waals surface area contributed by atoms with Crippen LogP contribution in [0.2, 0.25) is 0 Å². The molecular weight excluding hydrogens is 467 g/mol. The summed E-state index contributed by atoms with van der Waals surface area (Å²) in [6.07, 6.45) is 1.52. The quantitative estimate of drug-likeness (QED) is 0.390. The Morgan fingerprint density at radius 1 is 0.815 bits per heavy atom. The number of hydrogen-bond acceptors (Lipinski definition) is 6. The zero-order chi connectivity index (χ0) is 18.4. The van der Waals surface area contributed by atoms with E-state index in [2.05, 4.69) is 0 Å². The molecule has 0 atom stereocenters. The smallest absolute Gasteiger partial charge is 0.288 e. The number of Topliss-reactive ketones (excluding diaryl/α,β-unsaturated/α-hetero) is 1. The van der Waals surface area contributed by atoms with Gasteiger partial charge in [0.25, 0.3) is 20.2 Å². The van der Waals surface area contributed by atoms with Gasteiger partial charge in [-0.1, -0.05) is 23.9 Å². The summed E-state index contributed by atoms with van der Waals surface area (Å²) in [6.45, 7) is 0. The molecule has 0 bridgehead atoms. The molecule has 27 heavy (non-hydrogen) atoms. The van der Waals surface area contributed by atoms with Gasteiger partial charge in [-0.15, -0.1) is 0 Å². The fraction of sp³-hybridized carbons (Fsp3) is 0. The van der Waals surface area contributed by atoms with Gasteiger partial charge in [0.05, 0.1) is 14.7 Å². The SMILES string of the molecule is O=C1C(=Cc2ccc(S(=O)(=O)O)cc2)Sc2cc(S(=O)(=O)O)ccc21.[K].[K]. The first kappa shape index (κ1) is 26.3. The summed E-state index contributed by atoms with van der Waals surface area (Å²) in [5.74, 6) is -0.305. The third-order valence-electron chi connectivity index (χ3n) is 3.41. The van der Waals surface area contributed by atoms with Gasteiger partial charge in [-0.25, -0.2) is 0 Å². The minimum atomic E-state index is -4.36. The van der Waals surface area contributed by atoms with Crippen LogP contribution >= 0.6 is 11.8 Å². The molecule has 0 saturated carbocycles. The number of allylic oxidation sites excluding steroid dienone is 1. The number of rotatable bonds is 3. The van der Waals surface area contributed by atoms with E-state index in [-0.39, 0.29) is 118 Å². The number of carbonyl (C=O) groups is 1. The third-order valence-corrected chi connectivity index (χ3v) is 6.21. The van der Waals surface area contributed by atoms with Crippen LogP contribution in [0.15, 0.2) is 62.1 Å². The average molecular weight is 477 g/mol. The van der Waals surface area contributed by atoms with Crippen molar-refractivity contribution in [1.82, 2.24) is 0 Å². The van der Waals surface area contributed by atoms with Crippen molar-refractivity contribution in [2.24, 2.45) is 0 Å². The molecule has 0 fully saturated rings. The molecule has 7 nitrogen and oxygen atoms in total. The van der Waals surface area contributed by atoms with Crippen molar-refractivity contribution in [3.8, 4) is 0 Å². The molecule has 0 spiro atoms. The summed E-state index contributed by atoms with van der Waals surface area (Å²) in [6, 6.07) is 8.96. The molecule has 0 amide bonds. The van der Waals surface area contributed by atoms with E-state index in [1.807, 2.05) is 0 Å². The van der Waals surface area contributed by atoms with Crippen molar-refractivity contribution >= 4 is 147 Å². The normalized spacial score (nSPS) is 15.0. The first-order valence-electron chi connectivity index (χ1n) is 6.69. The van der Waals surface area contributed by atoms with Gasteiger partial charge in [-0.3, -0.25) is 13.9 Å². The van der Waals surface area contributed by atoms with Crippen LogP contribution in [0.3, 0.4) is 0 Å². The van der Waals surface area contributed by atoms with E-state index in [9.17, 15) is 21.6 Å². The molecule has 0 aromatic heterocycles. The first-order valence-corrected chi connectivity index (χ1v) is 10.4. The second-order valence-corrected chi connectivity index (χ2v) is 9.04. The van der Waals surface area contributed by atoms with Crippen LogP contribution in [-0.2, 0) is 20.2 Å². The fourth-order valence-corrected chi connectivity index (χ4v) is 4.37. The van der Waals surface area contributed by atoms with Gasteiger partial charge in [0.2, 0.25) is 5.78 Å². The second kappa shape index (κ2) is 10.1. The number of ketones is 1. The summed E-state index contributed by atoms with van der Waals surface area (Å²) in [5, 5.41) is 0. The topological polar surface area (TPSA) is 126 Å². The third kappa shape index (κ3) is 6.38. The van der Waals surface area contributed by atoms with Crippen LogP contribution in [0, 0.1) is 0 Å². The first-order chi connectivity index (χ1) is 11.6. The molecular formula is C15H10K2O7S3. The number of hydrogen-bond donors (Lipinski definition) is 2. The summed E-state index contributed by atoms with van der Waals surface area (Å²) >= 11 is 1.05. The van der Waals surface area contributed by atoms with E-state index in [4.69, 9.17) is 9.11 Å². The van der Waals surface area contributed by atoms with Gasteiger partial charge < -0.3 is 0 Å². The van der Waals surface area contributed by atoms with Crippen LogP contribution in [0.25, 0.3) is 6.08 Å². The van der Waals surface area contributed by atoms with Crippen molar-refractivity contribution in [2.75, 3.05) is 0 Å². The standard InChI is InChI=1S/C15H10O7S3.2K/c16-15-12-6-5-11(25(20,21)22)8-13(12)23-14(15)7-9-1-3-10(4-2-9)24(17,18)19;;/h1-8H,(H,17,18,19)(H,20,21,22);;. The second-order valence-electron chi connectivity index (χ2n) is 5.12. The maximum absolute atomic E-state index is 12.4. The molecule has 2 aromatic rings. The Labute approximate surface area is 245 Å². The summed E-state index contributed by atoms with van der Waals surface area (Å²) in [5.41, 5.74) is 0.851. The zero-order valence-electron chi connectivity index (χ0n) is 14.3. The number of thioether (sulfide) groups is 1. The molecule has 0 unspecified atom stereocenters. The van der Waals surface area contributed by atoms with E-state index >= 15 is 0 Å². The molecule has 2 N–H and O–H groups in total.